The molecule has 0 bridgehead atoms. The van der Waals surface area contributed by atoms with Crippen molar-refractivity contribution in [2.24, 2.45) is 0 Å². The minimum absolute atomic E-state index is 0.201. The van der Waals surface area contributed by atoms with Crippen molar-refractivity contribution in [3.05, 3.63) is 59.4 Å². The smallest absolute Gasteiger partial charge is 0.0930 e. The fraction of sp³-hybridized carbons (Fsp3) is 0.267. The first kappa shape index (κ1) is 11.8. The third kappa shape index (κ3) is 2.16. The summed E-state index contributed by atoms with van der Waals surface area (Å²) in [4.78, 5) is 5.54. The van der Waals surface area contributed by atoms with E-state index >= 15 is 0 Å². The van der Waals surface area contributed by atoms with E-state index in [4.69, 9.17) is 0 Å². The zero-order valence-corrected chi connectivity index (χ0v) is 11.0. The summed E-state index contributed by atoms with van der Waals surface area (Å²) in [6, 6.07) is 12.3. The van der Waals surface area contributed by atoms with Gasteiger partial charge < -0.3 is 5.11 Å². The highest BCUT2D eigenvalue weighted by atomic mass is 32.2. The monoisotopic (exact) mass is 257 g/mol. The summed E-state index contributed by atoms with van der Waals surface area (Å²) < 4.78 is 0. The van der Waals surface area contributed by atoms with Crippen LogP contribution >= 0.6 is 11.8 Å². The highest BCUT2D eigenvalue weighted by molar-refractivity contribution is 8.00. The first-order chi connectivity index (χ1) is 8.74. The average Bonchev–Trinajstić information content (AvgIpc) is 2.82. The SMILES string of the molecule is Cc1ccc(C(O)C2Cc3ccccc3S2)cn1. The Balaban J connectivity index is 1.80. The van der Waals surface area contributed by atoms with Crippen molar-refractivity contribution in [1.82, 2.24) is 4.98 Å². The van der Waals surface area contributed by atoms with Crippen molar-refractivity contribution >= 4 is 11.8 Å². The molecule has 92 valence electrons. The normalized spacial score (nSPS) is 19.6. The number of aromatic nitrogens is 1. The van der Waals surface area contributed by atoms with Gasteiger partial charge in [0.1, 0.15) is 0 Å². The van der Waals surface area contributed by atoms with Gasteiger partial charge in [0.15, 0.2) is 0 Å². The maximum absolute atomic E-state index is 10.4. The second-order valence-corrected chi connectivity index (χ2v) is 5.93. The molecule has 2 atom stereocenters. The van der Waals surface area contributed by atoms with Crippen LogP contribution < -0.4 is 0 Å². The predicted octanol–water partition coefficient (Wildman–Crippen LogP) is 3.14. The molecule has 1 aromatic heterocycles. The second kappa shape index (κ2) is 4.75. The van der Waals surface area contributed by atoms with Gasteiger partial charge in [-0.05, 0) is 36.6 Å². The van der Waals surface area contributed by atoms with Crippen molar-refractivity contribution < 1.29 is 5.11 Å². The van der Waals surface area contributed by atoms with E-state index in [0.717, 1.165) is 17.7 Å². The van der Waals surface area contributed by atoms with Gasteiger partial charge in [-0.1, -0.05) is 24.3 Å². The number of aryl methyl sites for hydroxylation is 1. The molecule has 3 heteroatoms. The molecule has 2 heterocycles. The molecule has 0 saturated carbocycles. The number of fused-ring (bicyclic) bond motifs is 1. The number of aliphatic hydroxyl groups is 1. The number of benzene rings is 1. The van der Waals surface area contributed by atoms with E-state index in [1.54, 1.807) is 18.0 Å². The van der Waals surface area contributed by atoms with Crippen LogP contribution in [-0.4, -0.2) is 15.3 Å². The molecule has 0 radical (unpaired) electrons. The van der Waals surface area contributed by atoms with Gasteiger partial charge in [-0.2, -0.15) is 0 Å². The number of hydrogen-bond donors (Lipinski definition) is 1. The van der Waals surface area contributed by atoms with Crippen LogP contribution in [0.15, 0.2) is 47.5 Å². The van der Waals surface area contributed by atoms with Crippen LogP contribution in [0, 0.1) is 6.92 Å². The molecule has 0 amide bonds. The van der Waals surface area contributed by atoms with E-state index in [1.165, 1.54) is 10.5 Å². The van der Waals surface area contributed by atoms with E-state index in [1.807, 2.05) is 25.1 Å². The molecule has 0 fully saturated rings. The molecule has 0 spiro atoms. The molecule has 1 aliphatic rings. The fourth-order valence-electron chi connectivity index (χ4n) is 2.25. The van der Waals surface area contributed by atoms with Gasteiger partial charge >= 0.3 is 0 Å². The molecule has 2 unspecified atom stereocenters. The lowest BCUT2D eigenvalue weighted by Gasteiger charge is -2.17. The van der Waals surface area contributed by atoms with Gasteiger partial charge in [0.05, 0.1) is 6.10 Å². The zero-order valence-electron chi connectivity index (χ0n) is 10.2. The van der Waals surface area contributed by atoms with Crippen LogP contribution in [0.2, 0.25) is 0 Å². The topological polar surface area (TPSA) is 33.1 Å². The molecule has 1 aliphatic heterocycles. The molecule has 1 N–H and O–H groups in total. The third-order valence-electron chi connectivity index (χ3n) is 3.30. The lowest BCUT2D eigenvalue weighted by Crippen LogP contribution is -2.14. The standard InChI is InChI=1S/C15H15NOS/c1-10-6-7-12(9-16-10)15(17)14-8-11-4-2-3-5-13(11)18-14/h2-7,9,14-15,17H,8H2,1H3. The Morgan fingerprint density at radius 3 is 2.83 bits per heavy atom. The molecular formula is C15H15NOS. The summed E-state index contributed by atoms with van der Waals surface area (Å²) in [6.45, 7) is 1.95. The average molecular weight is 257 g/mol. The molecular weight excluding hydrogens is 242 g/mol. The summed E-state index contributed by atoms with van der Waals surface area (Å²) >= 11 is 1.77. The Kier molecular flexibility index (Phi) is 3.10. The van der Waals surface area contributed by atoms with Crippen molar-refractivity contribution in [2.75, 3.05) is 0 Å². The first-order valence-corrected chi connectivity index (χ1v) is 6.97. The Morgan fingerprint density at radius 1 is 1.28 bits per heavy atom. The molecule has 2 aromatic rings. The van der Waals surface area contributed by atoms with E-state index in [9.17, 15) is 5.11 Å². The van der Waals surface area contributed by atoms with E-state index in [2.05, 4.69) is 23.2 Å². The van der Waals surface area contributed by atoms with Crippen LogP contribution in [-0.2, 0) is 6.42 Å². The van der Waals surface area contributed by atoms with E-state index in [-0.39, 0.29) is 5.25 Å². The summed E-state index contributed by atoms with van der Waals surface area (Å²) in [6.07, 6.45) is 2.26. The predicted molar refractivity (Wildman–Crippen MR) is 73.7 cm³/mol. The maximum atomic E-state index is 10.4. The van der Waals surface area contributed by atoms with E-state index < -0.39 is 6.10 Å². The Bertz CT molecular complexity index is 528. The largest absolute Gasteiger partial charge is 0.387 e. The second-order valence-electron chi connectivity index (χ2n) is 4.65. The van der Waals surface area contributed by atoms with Crippen LogP contribution in [0.3, 0.4) is 0 Å². The third-order valence-corrected chi connectivity index (χ3v) is 4.68. The quantitative estimate of drug-likeness (QED) is 0.897. The first-order valence-electron chi connectivity index (χ1n) is 6.09. The minimum Gasteiger partial charge on any atom is -0.387 e. The summed E-state index contributed by atoms with van der Waals surface area (Å²) in [5.74, 6) is 0. The molecule has 18 heavy (non-hydrogen) atoms. The van der Waals surface area contributed by atoms with Crippen LogP contribution in [0.25, 0.3) is 0 Å². The van der Waals surface area contributed by atoms with Gasteiger partial charge in [0, 0.05) is 22.0 Å². The number of pyridine rings is 1. The maximum Gasteiger partial charge on any atom is 0.0930 e. The van der Waals surface area contributed by atoms with Crippen molar-refractivity contribution in [3.8, 4) is 0 Å². The van der Waals surface area contributed by atoms with Crippen LogP contribution in [0.1, 0.15) is 22.9 Å². The molecule has 0 aliphatic carbocycles. The molecule has 2 nitrogen and oxygen atoms in total. The van der Waals surface area contributed by atoms with E-state index in [0.29, 0.717) is 0 Å². The number of nitrogens with zero attached hydrogens (tertiary/aromatic N) is 1. The minimum atomic E-state index is -0.449. The number of rotatable bonds is 2. The van der Waals surface area contributed by atoms with Gasteiger partial charge in [0.25, 0.3) is 0 Å². The van der Waals surface area contributed by atoms with Crippen molar-refractivity contribution in [3.63, 3.8) is 0 Å². The van der Waals surface area contributed by atoms with Crippen LogP contribution in [0.5, 0.6) is 0 Å². The number of thioether (sulfide) groups is 1. The van der Waals surface area contributed by atoms with Gasteiger partial charge in [0.2, 0.25) is 0 Å². The summed E-state index contributed by atoms with van der Waals surface area (Å²) in [5, 5.41) is 10.6. The van der Waals surface area contributed by atoms with Gasteiger partial charge in [-0.3, -0.25) is 4.98 Å². The Hall–Kier alpha value is -1.32. The summed E-state index contributed by atoms with van der Waals surface area (Å²) in [5.41, 5.74) is 3.23. The van der Waals surface area contributed by atoms with Crippen molar-refractivity contribution in [2.45, 2.75) is 29.6 Å². The fourth-order valence-corrected chi connectivity index (χ4v) is 3.59. The Labute approximate surface area is 111 Å². The molecule has 1 aromatic carbocycles. The summed E-state index contributed by atoms with van der Waals surface area (Å²) in [7, 11) is 0. The highest BCUT2D eigenvalue weighted by Crippen LogP contribution is 2.42. The zero-order chi connectivity index (χ0) is 12.5. The lowest BCUT2D eigenvalue weighted by molar-refractivity contribution is 0.174. The highest BCUT2D eigenvalue weighted by Gasteiger charge is 2.29. The lowest BCUT2D eigenvalue weighted by atomic mass is 10.0. The van der Waals surface area contributed by atoms with Gasteiger partial charge in [-0.15, -0.1) is 11.8 Å². The van der Waals surface area contributed by atoms with Crippen molar-refractivity contribution in [1.29, 1.82) is 0 Å². The Morgan fingerprint density at radius 2 is 2.11 bits per heavy atom. The number of hydrogen-bond acceptors (Lipinski definition) is 3. The van der Waals surface area contributed by atoms with Crippen LogP contribution in [0.4, 0.5) is 0 Å². The van der Waals surface area contributed by atoms with Gasteiger partial charge in [-0.25, -0.2) is 0 Å². The number of aliphatic hydroxyl groups excluding tert-OH is 1. The molecule has 0 saturated heterocycles. The molecule has 3 rings (SSSR count).